The van der Waals surface area contributed by atoms with Gasteiger partial charge in [0.2, 0.25) is 11.8 Å². The van der Waals surface area contributed by atoms with E-state index < -0.39 is 0 Å². The van der Waals surface area contributed by atoms with E-state index in [0.29, 0.717) is 25.6 Å². The van der Waals surface area contributed by atoms with Crippen LogP contribution in [-0.2, 0) is 9.59 Å². The van der Waals surface area contributed by atoms with Crippen molar-refractivity contribution in [3.05, 3.63) is 48.5 Å². The summed E-state index contributed by atoms with van der Waals surface area (Å²) in [7, 11) is 0. The average molecular weight is 407 g/mol. The van der Waals surface area contributed by atoms with E-state index in [1.165, 1.54) is 19.3 Å². The summed E-state index contributed by atoms with van der Waals surface area (Å²) < 4.78 is 5.78. The Labute approximate surface area is 178 Å². The molecule has 5 nitrogen and oxygen atoms in total. The Morgan fingerprint density at radius 1 is 1.03 bits per heavy atom. The molecule has 2 aromatic carbocycles. The van der Waals surface area contributed by atoms with Crippen molar-refractivity contribution in [2.75, 3.05) is 18.5 Å². The van der Waals surface area contributed by atoms with Gasteiger partial charge in [-0.1, -0.05) is 55.7 Å². The first kappa shape index (κ1) is 20.5. The number of hydrogen-bond acceptors (Lipinski definition) is 3. The number of nitrogens with one attached hydrogen (secondary N) is 1. The Balaban J connectivity index is 1.50. The highest BCUT2D eigenvalue weighted by Gasteiger charge is 2.38. The number of carbonyl (C=O) groups excluding carboxylic acids is 2. The van der Waals surface area contributed by atoms with Gasteiger partial charge in [0, 0.05) is 35.8 Å². The molecule has 4 rings (SSSR count). The number of amides is 2. The minimum absolute atomic E-state index is 0.0806. The lowest BCUT2D eigenvalue weighted by Gasteiger charge is -2.31. The van der Waals surface area contributed by atoms with Gasteiger partial charge in [0.1, 0.15) is 5.75 Å². The summed E-state index contributed by atoms with van der Waals surface area (Å²) >= 11 is 0. The van der Waals surface area contributed by atoms with E-state index in [-0.39, 0.29) is 17.7 Å². The third kappa shape index (κ3) is 4.35. The Bertz CT molecular complexity index is 905. The maximum atomic E-state index is 13.1. The lowest BCUT2D eigenvalue weighted by atomic mass is 9.94. The molecule has 0 unspecified atom stereocenters. The van der Waals surface area contributed by atoms with Gasteiger partial charge in [0.15, 0.2) is 0 Å². The molecule has 1 atom stereocenters. The van der Waals surface area contributed by atoms with E-state index in [0.717, 1.165) is 35.4 Å². The van der Waals surface area contributed by atoms with Crippen molar-refractivity contribution in [2.24, 2.45) is 5.92 Å². The maximum absolute atomic E-state index is 13.1. The van der Waals surface area contributed by atoms with Crippen LogP contribution in [0.2, 0.25) is 0 Å². The topological polar surface area (TPSA) is 58.6 Å². The van der Waals surface area contributed by atoms with Crippen molar-refractivity contribution >= 4 is 17.5 Å². The van der Waals surface area contributed by atoms with Gasteiger partial charge in [-0.05, 0) is 31.9 Å². The van der Waals surface area contributed by atoms with Crippen molar-refractivity contribution in [1.82, 2.24) is 4.90 Å². The van der Waals surface area contributed by atoms with Crippen molar-refractivity contribution in [3.8, 4) is 16.9 Å². The standard InChI is InChI=1S/C25H30N2O3/c1-2-30-23-15-9-7-13-21(23)20-12-6-8-14-22(20)26-25(29)18-16-24(28)27(17-18)19-10-4-3-5-11-19/h6-9,12-15,18-19H,2-5,10-11,16-17H2,1H3,(H,26,29)/t18-/m0/s1. The summed E-state index contributed by atoms with van der Waals surface area (Å²) in [5.74, 6) is 0.538. The Kier molecular flexibility index (Phi) is 6.36. The molecule has 0 bridgehead atoms. The molecule has 0 spiro atoms. The molecular formula is C25H30N2O3. The molecule has 1 aliphatic carbocycles. The van der Waals surface area contributed by atoms with Gasteiger partial charge < -0.3 is 15.0 Å². The van der Waals surface area contributed by atoms with Crippen molar-refractivity contribution in [1.29, 1.82) is 0 Å². The molecule has 0 aromatic heterocycles. The summed E-state index contributed by atoms with van der Waals surface area (Å²) in [4.78, 5) is 27.6. The molecule has 0 radical (unpaired) electrons. The van der Waals surface area contributed by atoms with Crippen LogP contribution in [0.3, 0.4) is 0 Å². The number of rotatable bonds is 6. The summed E-state index contributed by atoms with van der Waals surface area (Å²) in [5, 5.41) is 3.09. The molecule has 2 aliphatic rings. The van der Waals surface area contributed by atoms with Gasteiger partial charge in [-0.15, -0.1) is 0 Å². The summed E-state index contributed by atoms with van der Waals surface area (Å²) in [6.45, 7) is 3.07. The van der Waals surface area contributed by atoms with Crippen LogP contribution in [0.25, 0.3) is 11.1 Å². The van der Waals surface area contributed by atoms with Gasteiger partial charge in [-0.2, -0.15) is 0 Å². The molecule has 158 valence electrons. The Morgan fingerprint density at radius 2 is 1.73 bits per heavy atom. The van der Waals surface area contributed by atoms with E-state index in [1.54, 1.807) is 0 Å². The molecule has 1 heterocycles. The molecule has 1 saturated carbocycles. The summed E-state index contributed by atoms with van der Waals surface area (Å²) in [6.07, 6.45) is 6.05. The van der Waals surface area contributed by atoms with Crippen LogP contribution in [-0.4, -0.2) is 35.9 Å². The van der Waals surface area contributed by atoms with Crippen LogP contribution in [0.5, 0.6) is 5.75 Å². The number of hydrogen-bond donors (Lipinski definition) is 1. The zero-order valence-electron chi connectivity index (χ0n) is 17.6. The fraction of sp³-hybridized carbons (Fsp3) is 0.440. The Morgan fingerprint density at radius 3 is 2.50 bits per heavy atom. The number of carbonyl (C=O) groups is 2. The SMILES string of the molecule is CCOc1ccccc1-c1ccccc1NC(=O)[C@H]1CC(=O)N(C2CCCCC2)C1. The van der Waals surface area contributed by atoms with E-state index >= 15 is 0 Å². The van der Waals surface area contributed by atoms with Gasteiger partial charge >= 0.3 is 0 Å². The van der Waals surface area contributed by atoms with Gasteiger partial charge in [0.05, 0.1) is 12.5 Å². The first-order valence-electron chi connectivity index (χ1n) is 11.1. The first-order chi connectivity index (χ1) is 14.7. The quantitative estimate of drug-likeness (QED) is 0.744. The molecule has 30 heavy (non-hydrogen) atoms. The predicted molar refractivity (Wildman–Crippen MR) is 118 cm³/mol. The number of nitrogens with zero attached hydrogens (tertiary/aromatic N) is 1. The number of para-hydroxylation sites is 2. The van der Waals surface area contributed by atoms with Gasteiger partial charge in [-0.3, -0.25) is 9.59 Å². The normalized spacial score (nSPS) is 19.7. The zero-order valence-corrected chi connectivity index (χ0v) is 17.6. The molecule has 2 fully saturated rings. The number of ether oxygens (including phenoxy) is 1. The van der Waals surface area contributed by atoms with E-state index in [9.17, 15) is 9.59 Å². The van der Waals surface area contributed by atoms with Crippen LogP contribution >= 0.6 is 0 Å². The highest BCUT2D eigenvalue weighted by molar-refractivity contribution is 6.00. The molecule has 5 heteroatoms. The smallest absolute Gasteiger partial charge is 0.229 e. The number of likely N-dealkylation sites (tertiary alicyclic amines) is 1. The first-order valence-corrected chi connectivity index (χ1v) is 11.1. The largest absolute Gasteiger partial charge is 0.493 e. The second-order valence-electron chi connectivity index (χ2n) is 8.20. The van der Waals surface area contributed by atoms with Crippen molar-refractivity contribution in [3.63, 3.8) is 0 Å². The van der Waals surface area contributed by atoms with Crippen LogP contribution in [0.15, 0.2) is 48.5 Å². The second kappa shape index (κ2) is 9.33. The Hall–Kier alpha value is -2.82. The molecule has 2 amide bonds. The van der Waals surface area contributed by atoms with E-state index in [2.05, 4.69) is 5.32 Å². The highest BCUT2D eigenvalue weighted by atomic mass is 16.5. The lowest BCUT2D eigenvalue weighted by molar-refractivity contribution is -0.130. The van der Waals surface area contributed by atoms with E-state index in [1.807, 2.05) is 60.4 Å². The second-order valence-corrected chi connectivity index (χ2v) is 8.20. The fourth-order valence-electron chi connectivity index (χ4n) is 4.69. The number of anilines is 1. The van der Waals surface area contributed by atoms with Gasteiger partial charge in [0.25, 0.3) is 0 Å². The zero-order chi connectivity index (χ0) is 20.9. The summed E-state index contributed by atoms with van der Waals surface area (Å²) in [5.41, 5.74) is 2.61. The fourth-order valence-corrected chi connectivity index (χ4v) is 4.69. The minimum Gasteiger partial charge on any atom is -0.493 e. The van der Waals surface area contributed by atoms with Crippen LogP contribution in [0.4, 0.5) is 5.69 Å². The monoisotopic (exact) mass is 406 g/mol. The van der Waals surface area contributed by atoms with Crippen molar-refractivity contribution in [2.45, 2.75) is 51.5 Å². The van der Waals surface area contributed by atoms with Gasteiger partial charge in [-0.25, -0.2) is 0 Å². The van der Waals surface area contributed by atoms with Crippen molar-refractivity contribution < 1.29 is 14.3 Å². The van der Waals surface area contributed by atoms with Crippen LogP contribution in [0, 0.1) is 5.92 Å². The maximum Gasteiger partial charge on any atom is 0.229 e. The van der Waals surface area contributed by atoms with Crippen LogP contribution in [0.1, 0.15) is 45.4 Å². The average Bonchev–Trinajstić information content (AvgIpc) is 3.17. The molecule has 2 aromatic rings. The highest BCUT2D eigenvalue weighted by Crippen LogP contribution is 2.36. The molecule has 1 N–H and O–H groups in total. The molecule has 1 saturated heterocycles. The van der Waals surface area contributed by atoms with Crippen LogP contribution < -0.4 is 10.1 Å². The third-order valence-electron chi connectivity index (χ3n) is 6.21. The minimum atomic E-state index is -0.297. The third-order valence-corrected chi connectivity index (χ3v) is 6.21. The molecule has 1 aliphatic heterocycles. The predicted octanol–water partition coefficient (Wildman–Crippen LogP) is 4.87. The summed E-state index contributed by atoms with van der Waals surface area (Å²) in [6, 6.07) is 15.9. The van der Waals surface area contributed by atoms with E-state index in [4.69, 9.17) is 4.74 Å². The number of benzene rings is 2. The molecular weight excluding hydrogens is 376 g/mol. The lowest BCUT2D eigenvalue weighted by Crippen LogP contribution is -2.38.